The highest BCUT2D eigenvalue weighted by Gasteiger charge is 2.16. The molecule has 0 spiro atoms. The molecule has 2 atom stereocenters. The molecule has 0 aliphatic rings. The first kappa shape index (κ1) is 13.4. The van der Waals surface area contributed by atoms with Gasteiger partial charge in [-0.3, -0.25) is 0 Å². The Morgan fingerprint density at radius 1 is 1.33 bits per heavy atom. The smallest absolute Gasteiger partial charge is 0.127 e. The summed E-state index contributed by atoms with van der Waals surface area (Å²) in [5.41, 5.74) is 3.52. The van der Waals surface area contributed by atoms with Crippen LogP contribution in [0.25, 0.3) is 11.0 Å². The summed E-state index contributed by atoms with van der Waals surface area (Å²) < 4.78 is 2.29. The average molecular weight is 265 g/mol. The maximum Gasteiger partial charge on any atom is 0.127 e. The van der Waals surface area contributed by atoms with Crippen LogP contribution < -0.4 is 0 Å². The van der Waals surface area contributed by atoms with Gasteiger partial charge < -0.3 is 4.57 Å². The van der Waals surface area contributed by atoms with Crippen LogP contribution in [0.2, 0.25) is 0 Å². The van der Waals surface area contributed by atoms with Crippen molar-refractivity contribution in [2.24, 2.45) is 5.92 Å². The van der Waals surface area contributed by atoms with Crippen molar-refractivity contribution in [2.75, 3.05) is 0 Å². The third-order valence-corrected chi connectivity index (χ3v) is 3.68. The molecule has 98 valence electrons. The van der Waals surface area contributed by atoms with E-state index in [0.29, 0.717) is 5.92 Å². The molecule has 1 aromatic heterocycles. The summed E-state index contributed by atoms with van der Waals surface area (Å²) in [6.07, 6.45) is 1.17. The van der Waals surface area contributed by atoms with Crippen molar-refractivity contribution in [3.63, 3.8) is 0 Å². The van der Waals surface area contributed by atoms with Gasteiger partial charge in [0.1, 0.15) is 5.82 Å². The Morgan fingerprint density at radius 2 is 2.06 bits per heavy atom. The Morgan fingerprint density at radius 3 is 2.67 bits per heavy atom. The van der Waals surface area contributed by atoms with Crippen molar-refractivity contribution in [3.8, 4) is 0 Å². The van der Waals surface area contributed by atoms with Gasteiger partial charge >= 0.3 is 0 Å². The van der Waals surface area contributed by atoms with Crippen molar-refractivity contribution in [3.05, 3.63) is 29.6 Å². The monoisotopic (exact) mass is 264 g/mol. The van der Waals surface area contributed by atoms with E-state index in [-0.39, 0.29) is 5.38 Å². The molecule has 0 saturated heterocycles. The second-order valence-electron chi connectivity index (χ2n) is 5.20. The zero-order valence-corrected chi connectivity index (χ0v) is 12.3. The molecule has 2 unspecified atom stereocenters. The van der Waals surface area contributed by atoms with Crippen molar-refractivity contribution >= 4 is 22.6 Å². The van der Waals surface area contributed by atoms with Gasteiger partial charge in [-0.2, -0.15) is 0 Å². The van der Waals surface area contributed by atoms with Gasteiger partial charge in [-0.25, -0.2) is 4.98 Å². The van der Waals surface area contributed by atoms with E-state index in [2.05, 4.69) is 48.5 Å². The Bertz CT molecular complexity index is 543. The summed E-state index contributed by atoms with van der Waals surface area (Å²) in [5, 5.41) is -0.0539. The maximum atomic E-state index is 6.26. The van der Waals surface area contributed by atoms with Crippen molar-refractivity contribution < 1.29 is 0 Å². The number of hydrogen-bond donors (Lipinski definition) is 0. The van der Waals surface area contributed by atoms with E-state index in [1.807, 2.05) is 6.92 Å². The zero-order chi connectivity index (χ0) is 13.3. The highest BCUT2D eigenvalue weighted by atomic mass is 35.5. The number of alkyl halides is 1. The summed E-state index contributed by atoms with van der Waals surface area (Å²) in [4.78, 5) is 4.67. The topological polar surface area (TPSA) is 17.8 Å². The van der Waals surface area contributed by atoms with E-state index in [0.717, 1.165) is 17.9 Å². The van der Waals surface area contributed by atoms with Crippen LogP contribution in [0, 0.1) is 12.8 Å². The minimum Gasteiger partial charge on any atom is -0.326 e. The second-order valence-corrected chi connectivity index (χ2v) is 5.86. The SMILES string of the molecule is CCC(C)Cn1c(C(C)Cl)nc2ccc(C)cc21. The number of aryl methyl sites for hydroxylation is 1. The fourth-order valence-electron chi connectivity index (χ4n) is 2.19. The Labute approximate surface area is 114 Å². The summed E-state index contributed by atoms with van der Waals surface area (Å²) >= 11 is 6.26. The lowest BCUT2D eigenvalue weighted by molar-refractivity contribution is 0.465. The fourth-order valence-corrected chi connectivity index (χ4v) is 2.35. The summed E-state index contributed by atoms with van der Waals surface area (Å²) in [7, 11) is 0. The second kappa shape index (κ2) is 5.31. The molecular formula is C15H21ClN2. The molecule has 1 heterocycles. The van der Waals surface area contributed by atoms with Crippen LogP contribution in [0.5, 0.6) is 0 Å². The van der Waals surface area contributed by atoms with E-state index < -0.39 is 0 Å². The molecule has 0 aliphatic carbocycles. The molecule has 0 N–H and O–H groups in total. The van der Waals surface area contributed by atoms with Crippen molar-refractivity contribution in [2.45, 2.75) is 46.0 Å². The largest absolute Gasteiger partial charge is 0.326 e. The summed E-state index contributed by atoms with van der Waals surface area (Å²) in [6, 6.07) is 6.39. The number of benzene rings is 1. The van der Waals surface area contributed by atoms with Crippen LogP contribution in [0.3, 0.4) is 0 Å². The number of fused-ring (bicyclic) bond motifs is 1. The van der Waals surface area contributed by atoms with E-state index in [1.54, 1.807) is 0 Å². The van der Waals surface area contributed by atoms with Crippen molar-refractivity contribution in [1.29, 1.82) is 0 Å². The molecule has 0 bridgehead atoms. The number of rotatable bonds is 4. The molecule has 1 aromatic carbocycles. The maximum absolute atomic E-state index is 6.26. The van der Waals surface area contributed by atoms with E-state index in [9.17, 15) is 0 Å². The van der Waals surface area contributed by atoms with Gasteiger partial charge in [-0.05, 0) is 37.5 Å². The van der Waals surface area contributed by atoms with E-state index in [1.165, 1.54) is 17.5 Å². The number of aromatic nitrogens is 2. The van der Waals surface area contributed by atoms with Gasteiger partial charge in [-0.1, -0.05) is 26.3 Å². The molecular weight excluding hydrogens is 244 g/mol. The fraction of sp³-hybridized carbons (Fsp3) is 0.533. The van der Waals surface area contributed by atoms with Crippen LogP contribution >= 0.6 is 11.6 Å². The van der Waals surface area contributed by atoms with Crippen LogP contribution in [0.4, 0.5) is 0 Å². The molecule has 2 nitrogen and oxygen atoms in total. The first-order chi connectivity index (χ1) is 8.52. The third kappa shape index (κ3) is 2.54. The third-order valence-electron chi connectivity index (χ3n) is 3.48. The first-order valence-electron chi connectivity index (χ1n) is 6.63. The lowest BCUT2D eigenvalue weighted by atomic mass is 10.1. The first-order valence-corrected chi connectivity index (χ1v) is 7.07. The predicted octanol–water partition coefficient (Wildman–Crippen LogP) is 4.69. The molecule has 18 heavy (non-hydrogen) atoms. The lowest BCUT2D eigenvalue weighted by Crippen LogP contribution is -2.10. The Hall–Kier alpha value is -1.02. The lowest BCUT2D eigenvalue weighted by Gasteiger charge is -2.14. The zero-order valence-electron chi connectivity index (χ0n) is 11.6. The Balaban J connectivity index is 2.57. The minimum atomic E-state index is -0.0539. The van der Waals surface area contributed by atoms with Gasteiger partial charge in [0.05, 0.1) is 16.4 Å². The molecule has 0 aliphatic heterocycles. The van der Waals surface area contributed by atoms with Gasteiger partial charge in [0.25, 0.3) is 0 Å². The van der Waals surface area contributed by atoms with Crippen molar-refractivity contribution in [1.82, 2.24) is 9.55 Å². The summed E-state index contributed by atoms with van der Waals surface area (Å²) in [5.74, 6) is 1.62. The highest BCUT2D eigenvalue weighted by Crippen LogP contribution is 2.26. The molecule has 0 fully saturated rings. The van der Waals surface area contributed by atoms with Gasteiger partial charge in [0.2, 0.25) is 0 Å². The molecule has 0 radical (unpaired) electrons. The number of hydrogen-bond acceptors (Lipinski definition) is 1. The van der Waals surface area contributed by atoms with Gasteiger partial charge in [-0.15, -0.1) is 11.6 Å². The number of imidazole rings is 1. The van der Waals surface area contributed by atoms with Crippen LogP contribution in [0.1, 0.15) is 44.0 Å². The summed E-state index contributed by atoms with van der Waals surface area (Å²) in [6.45, 7) is 9.58. The van der Waals surface area contributed by atoms with Crippen LogP contribution in [-0.4, -0.2) is 9.55 Å². The standard InChI is InChI=1S/C15H21ClN2/c1-5-10(2)9-18-14-8-11(3)6-7-13(14)17-15(18)12(4)16/h6-8,10,12H,5,9H2,1-4H3. The Kier molecular flexibility index (Phi) is 3.96. The minimum absolute atomic E-state index is 0.0539. The normalized spacial score (nSPS) is 14.9. The molecule has 2 rings (SSSR count). The molecule has 0 saturated carbocycles. The molecule has 2 aromatic rings. The van der Waals surface area contributed by atoms with Crippen LogP contribution in [0.15, 0.2) is 18.2 Å². The highest BCUT2D eigenvalue weighted by molar-refractivity contribution is 6.20. The quantitative estimate of drug-likeness (QED) is 0.733. The molecule has 3 heteroatoms. The van der Waals surface area contributed by atoms with E-state index in [4.69, 9.17) is 11.6 Å². The molecule has 0 amide bonds. The van der Waals surface area contributed by atoms with Crippen LogP contribution in [-0.2, 0) is 6.54 Å². The average Bonchev–Trinajstić information content (AvgIpc) is 2.67. The van der Waals surface area contributed by atoms with E-state index >= 15 is 0 Å². The van der Waals surface area contributed by atoms with Gasteiger partial charge in [0.15, 0.2) is 0 Å². The number of nitrogens with zero attached hydrogens (tertiary/aromatic N) is 2. The predicted molar refractivity (Wildman–Crippen MR) is 78.2 cm³/mol. The number of halogens is 1. The van der Waals surface area contributed by atoms with Gasteiger partial charge in [0, 0.05) is 6.54 Å².